The smallest absolute Gasteiger partial charge is 0.123 e. The summed E-state index contributed by atoms with van der Waals surface area (Å²) >= 11 is 6.22. The SMILES string of the molecule is Cc1cc(OCCCNC2CCCC2)c(C(C)C)cc1Cl. The third-order valence-electron chi connectivity index (χ3n) is 4.28. The molecular formula is C18H28ClNO. The second kappa shape index (κ2) is 8.05. The lowest BCUT2D eigenvalue weighted by Crippen LogP contribution is -2.27. The van der Waals surface area contributed by atoms with Crippen LogP contribution in [0.5, 0.6) is 5.75 Å². The molecule has 0 saturated heterocycles. The minimum absolute atomic E-state index is 0.426. The highest BCUT2D eigenvalue weighted by atomic mass is 35.5. The molecule has 0 bridgehead atoms. The molecule has 0 spiro atoms. The second-order valence-electron chi connectivity index (χ2n) is 6.43. The van der Waals surface area contributed by atoms with Gasteiger partial charge in [0, 0.05) is 11.1 Å². The van der Waals surface area contributed by atoms with E-state index >= 15 is 0 Å². The zero-order valence-electron chi connectivity index (χ0n) is 13.5. The van der Waals surface area contributed by atoms with E-state index in [4.69, 9.17) is 16.3 Å². The predicted octanol–water partition coefficient (Wildman–Crippen LogP) is 5.07. The van der Waals surface area contributed by atoms with E-state index < -0.39 is 0 Å². The van der Waals surface area contributed by atoms with Crippen molar-refractivity contribution in [3.05, 3.63) is 28.3 Å². The van der Waals surface area contributed by atoms with Crippen molar-refractivity contribution >= 4 is 11.6 Å². The van der Waals surface area contributed by atoms with Crippen LogP contribution < -0.4 is 10.1 Å². The molecule has 1 N–H and O–H groups in total. The molecule has 0 aromatic heterocycles. The number of aryl methyl sites for hydroxylation is 1. The van der Waals surface area contributed by atoms with Gasteiger partial charge in [-0.05, 0) is 61.9 Å². The van der Waals surface area contributed by atoms with Gasteiger partial charge in [0.1, 0.15) is 5.75 Å². The summed E-state index contributed by atoms with van der Waals surface area (Å²) in [5, 5.41) is 4.45. The Morgan fingerprint density at radius 3 is 2.67 bits per heavy atom. The van der Waals surface area contributed by atoms with Crippen molar-refractivity contribution in [2.75, 3.05) is 13.2 Å². The molecular weight excluding hydrogens is 282 g/mol. The lowest BCUT2D eigenvalue weighted by Gasteiger charge is -2.16. The third-order valence-corrected chi connectivity index (χ3v) is 4.69. The van der Waals surface area contributed by atoms with E-state index in [1.165, 1.54) is 31.2 Å². The number of ether oxygens (including phenoxy) is 1. The minimum Gasteiger partial charge on any atom is -0.493 e. The predicted molar refractivity (Wildman–Crippen MR) is 90.6 cm³/mol. The molecule has 1 saturated carbocycles. The monoisotopic (exact) mass is 309 g/mol. The van der Waals surface area contributed by atoms with Gasteiger partial charge in [-0.2, -0.15) is 0 Å². The van der Waals surface area contributed by atoms with Gasteiger partial charge in [0.2, 0.25) is 0 Å². The fraction of sp³-hybridized carbons (Fsp3) is 0.667. The molecule has 3 heteroatoms. The molecule has 1 aromatic rings. The van der Waals surface area contributed by atoms with Gasteiger partial charge in [-0.15, -0.1) is 0 Å². The van der Waals surface area contributed by atoms with Gasteiger partial charge in [-0.25, -0.2) is 0 Å². The van der Waals surface area contributed by atoms with Crippen LogP contribution in [0.15, 0.2) is 12.1 Å². The molecule has 0 amide bonds. The van der Waals surface area contributed by atoms with E-state index in [9.17, 15) is 0 Å². The Bertz CT molecular complexity index is 453. The maximum atomic E-state index is 6.22. The van der Waals surface area contributed by atoms with Crippen molar-refractivity contribution in [2.45, 2.75) is 64.8 Å². The highest BCUT2D eigenvalue weighted by Gasteiger charge is 2.14. The van der Waals surface area contributed by atoms with Crippen LogP contribution >= 0.6 is 11.6 Å². The molecule has 0 atom stereocenters. The number of halogens is 1. The number of benzene rings is 1. The second-order valence-corrected chi connectivity index (χ2v) is 6.84. The van der Waals surface area contributed by atoms with Crippen LogP contribution in [-0.2, 0) is 0 Å². The van der Waals surface area contributed by atoms with Crippen LogP contribution in [-0.4, -0.2) is 19.2 Å². The van der Waals surface area contributed by atoms with Crippen LogP contribution in [0.4, 0.5) is 0 Å². The Balaban J connectivity index is 1.80. The van der Waals surface area contributed by atoms with Gasteiger partial charge in [-0.3, -0.25) is 0 Å². The fourth-order valence-corrected chi connectivity index (χ4v) is 3.11. The number of rotatable bonds is 7. The Morgan fingerprint density at radius 2 is 2.00 bits per heavy atom. The van der Waals surface area contributed by atoms with Gasteiger partial charge in [-0.1, -0.05) is 38.3 Å². The van der Waals surface area contributed by atoms with Gasteiger partial charge < -0.3 is 10.1 Å². The highest BCUT2D eigenvalue weighted by Crippen LogP contribution is 2.32. The molecule has 0 heterocycles. The van der Waals surface area contributed by atoms with Crippen LogP contribution in [0.3, 0.4) is 0 Å². The minimum atomic E-state index is 0.426. The van der Waals surface area contributed by atoms with Crippen molar-refractivity contribution in [3.63, 3.8) is 0 Å². The first-order valence-corrected chi connectivity index (χ1v) is 8.62. The average Bonchev–Trinajstić information content (AvgIpc) is 2.95. The van der Waals surface area contributed by atoms with Gasteiger partial charge in [0.15, 0.2) is 0 Å². The van der Waals surface area contributed by atoms with Crippen LogP contribution in [0.25, 0.3) is 0 Å². The van der Waals surface area contributed by atoms with E-state index in [0.717, 1.165) is 41.9 Å². The quantitative estimate of drug-likeness (QED) is 0.710. The lowest BCUT2D eigenvalue weighted by atomic mass is 10.0. The van der Waals surface area contributed by atoms with Gasteiger partial charge >= 0.3 is 0 Å². The summed E-state index contributed by atoms with van der Waals surface area (Å²) in [5.41, 5.74) is 2.29. The van der Waals surface area contributed by atoms with Crippen LogP contribution in [0.1, 0.15) is 63.0 Å². The number of hydrogen-bond acceptors (Lipinski definition) is 2. The molecule has 1 aliphatic rings. The topological polar surface area (TPSA) is 21.3 Å². The first kappa shape index (κ1) is 16.6. The number of nitrogens with one attached hydrogen (secondary N) is 1. The van der Waals surface area contributed by atoms with Crippen molar-refractivity contribution in [1.82, 2.24) is 5.32 Å². The maximum absolute atomic E-state index is 6.22. The first-order valence-electron chi connectivity index (χ1n) is 8.24. The summed E-state index contributed by atoms with van der Waals surface area (Å²) < 4.78 is 6.00. The van der Waals surface area contributed by atoms with Gasteiger partial charge in [0.25, 0.3) is 0 Å². The zero-order chi connectivity index (χ0) is 15.2. The zero-order valence-corrected chi connectivity index (χ0v) is 14.3. The average molecular weight is 310 g/mol. The molecule has 0 unspecified atom stereocenters. The van der Waals surface area contributed by atoms with E-state index in [-0.39, 0.29) is 0 Å². The standard InChI is InChI=1S/C18H28ClNO/c1-13(2)16-12-17(19)14(3)11-18(16)21-10-6-9-20-15-7-4-5-8-15/h11-13,15,20H,4-10H2,1-3H3. The van der Waals surface area contributed by atoms with Gasteiger partial charge in [0.05, 0.1) is 6.61 Å². The summed E-state index contributed by atoms with van der Waals surface area (Å²) in [6.45, 7) is 8.20. The van der Waals surface area contributed by atoms with E-state index in [1.807, 2.05) is 13.0 Å². The van der Waals surface area contributed by atoms with Crippen LogP contribution in [0.2, 0.25) is 5.02 Å². The first-order chi connectivity index (χ1) is 10.1. The summed E-state index contributed by atoms with van der Waals surface area (Å²) in [6, 6.07) is 4.87. The van der Waals surface area contributed by atoms with Crippen molar-refractivity contribution < 1.29 is 4.74 Å². The van der Waals surface area contributed by atoms with E-state index in [1.54, 1.807) is 0 Å². The molecule has 2 rings (SSSR count). The van der Waals surface area contributed by atoms with Crippen molar-refractivity contribution in [3.8, 4) is 5.75 Å². The largest absolute Gasteiger partial charge is 0.493 e. The molecule has 0 radical (unpaired) electrons. The van der Waals surface area contributed by atoms with Crippen molar-refractivity contribution in [2.24, 2.45) is 0 Å². The molecule has 1 aromatic carbocycles. The maximum Gasteiger partial charge on any atom is 0.123 e. The van der Waals surface area contributed by atoms with Crippen LogP contribution in [0, 0.1) is 6.92 Å². The summed E-state index contributed by atoms with van der Waals surface area (Å²) in [4.78, 5) is 0. The summed E-state index contributed by atoms with van der Waals surface area (Å²) in [5.74, 6) is 1.42. The Labute approximate surface area is 134 Å². The summed E-state index contributed by atoms with van der Waals surface area (Å²) in [7, 11) is 0. The molecule has 1 fully saturated rings. The molecule has 0 aliphatic heterocycles. The van der Waals surface area contributed by atoms with E-state index in [2.05, 4.69) is 25.2 Å². The Kier molecular flexibility index (Phi) is 6.38. The Hall–Kier alpha value is -0.730. The van der Waals surface area contributed by atoms with E-state index in [0.29, 0.717) is 5.92 Å². The molecule has 118 valence electrons. The summed E-state index contributed by atoms with van der Waals surface area (Å²) in [6.07, 6.45) is 6.51. The highest BCUT2D eigenvalue weighted by molar-refractivity contribution is 6.31. The fourth-order valence-electron chi connectivity index (χ4n) is 2.94. The normalized spacial score (nSPS) is 15.9. The lowest BCUT2D eigenvalue weighted by molar-refractivity contribution is 0.300. The molecule has 2 nitrogen and oxygen atoms in total. The third kappa shape index (κ3) is 4.89. The van der Waals surface area contributed by atoms with Crippen molar-refractivity contribution in [1.29, 1.82) is 0 Å². The number of hydrogen-bond donors (Lipinski definition) is 1. The molecule has 1 aliphatic carbocycles. The molecule has 21 heavy (non-hydrogen) atoms. The Morgan fingerprint density at radius 1 is 1.29 bits per heavy atom.